The Kier molecular flexibility index (Phi) is 3.91. The molecule has 2 unspecified atom stereocenters. The number of para-hydroxylation sites is 1. The van der Waals surface area contributed by atoms with Crippen LogP contribution in [0.25, 0.3) is 10.9 Å². The van der Waals surface area contributed by atoms with Gasteiger partial charge in [-0.15, -0.1) is 0 Å². The first-order chi connectivity index (χ1) is 11.6. The molecule has 2 bridgehead atoms. The first-order valence-electron chi connectivity index (χ1n) is 8.98. The Morgan fingerprint density at radius 1 is 1.12 bits per heavy atom. The Bertz CT molecular complexity index is 759. The lowest BCUT2D eigenvalue weighted by atomic mass is 9.85. The minimum absolute atomic E-state index is 0.0444. The molecule has 0 radical (unpaired) electrons. The molecule has 2 aliphatic carbocycles. The summed E-state index contributed by atoms with van der Waals surface area (Å²) in [5.74, 6) is 2.51. The summed E-state index contributed by atoms with van der Waals surface area (Å²) in [4.78, 5) is 19.6. The number of pyridine rings is 1. The monoisotopic (exact) mass is 323 g/mol. The second-order valence-corrected chi connectivity index (χ2v) is 7.63. The average Bonchev–Trinajstić information content (AvgIpc) is 2.92. The van der Waals surface area contributed by atoms with E-state index in [1.165, 1.54) is 19.3 Å². The van der Waals surface area contributed by atoms with Crippen LogP contribution in [-0.2, 0) is 0 Å². The van der Waals surface area contributed by atoms with E-state index in [1.807, 2.05) is 49.3 Å². The quantitative estimate of drug-likeness (QED) is 0.938. The Labute approximate surface area is 143 Å². The van der Waals surface area contributed by atoms with Crippen molar-refractivity contribution < 1.29 is 4.79 Å². The minimum Gasteiger partial charge on any atom is -0.363 e. The van der Waals surface area contributed by atoms with Gasteiger partial charge in [-0.2, -0.15) is 0 Å². The van der Waals surface area contributed by atoms with Gasteiger partial charge in [-0.25, -0.2) is 4.98 Å². The normalized spacial score (nSPS) is 25.7. The van der Waals surface area contributed by atoms with Gasteiger partial charge in [0.2, 0.25) is 0 Å². The number of anilines is 1. The van der Waals surface area contributed by atoms with Crippen LogP contribution in [0.5, 0.6) is 0 Å². The van der Waals surface area contributed by atoms with Crippen LogP contribution in [0.2, 0.25) is 0 Å². The van der Waals surface area contributed by atoms with Gasteiger partial charge in [0.15, 0.2) is 0 Å². The van der Waals surface area contributed by atoms with Gasteiger partial charge in [-0.1, -0.05) is 31.0 Å². The highest BCUT2D eigenvalue weighted by molar-refractivity contribution is 6.07. The second-order valence-electron chi connectivity index (χ2n) is 7.63. The number of benzene rings is 1. The lowest BCUT2D eigenvalue weighted by Gasteiger charge is -2.28. The molecule has 4 nitrogen and oxygen atoms in total. The van der Waals surface area contributed by atoms with E-state index in [-0.39, 0.29) is 5.91 Å². The van der Waals surface area contributed by atoms with E-state index in [0.29, 0.717) is 6.04 Å². The van der Waals surface area contributed by atoms with E-state index in [1.54, 1.807) is 0 Å². The molecule has 4 heteroatoms. The Hall–Kier alpha value is -2.10. The van der Waals surface area contributed by atoms with E-state index >= 15 is 0 Å². The molecular weight excluding hydrogens is 298 g/mol. The van der Waals surface area contributed by atoms with Crippen LogP contribution < -0.4 is 10.2 Å². The van der Waals surface area contributed by atoms with Gasteiger partial charge in [0.25, 0.3) is 5.91 Å². The zero-order valence-electron chi connectivity index (χ0n) is 14.5. The lowest BCUT2D eigenvalue weighted by Crippen LogP contribution is -2.39. The molecular formula is C20H25N3O. The summed E-state index contributed by atoms with van der Waals surface area (Å²) in [6.07, 6.45) is 6.35. The van der Waals surface area contributed by atoms with Gasteiger partial charge in [0.1, 0.15) is 5.82 Å². The maximum Gasteiger partial charge on any atom is 0.252 e. The predicted octanol–water partition coefficient (Wildman–Crippen LogP) is 3.61. The molecule has 0 aliphatic heterocycles. The minimum atomic E-state index is 0.0444. The fourth-order valence-electron chi connectivity index (χ4n) is 4.47. The number of amides is 1. The van der Waals surface area contributed by atoms with Crippen molar-refractivity contribution in [2.24, 2.45) is 11.8 Å². The third-order valence-electron chi connectivity index (χ3n) is 5.63. The van der Waals surface area contributed by atoms with Gasteiger partial charge in [0, 0.05) is 25.5 Å². The van der Waals surface area contributed by atoms with Crippen molar-refractivity contribution >= 4 is 22.6 Å². The first-order valence-corrected chi connectivity index (χ1v) is 8.98. The zero-order valence-corrected chi connectivity index (χ0v) is 14.5. The number of hydrogen-bond acceptors (Lipinski definition) is 3. The van der Waals surface area contributed by atoms with Crippen molar-refractivity contribution in [3.8, 4) is 0 Å². The third kappa shape index (κ3) is 2.85. The molecule has 1 N–H and O–H groups in total. The molecule has 2 atom stereocenters. The van der Waals surface area contributed by atoms with E-state index in [9.17, 15) is 4.79 Å². The van der Waals surface area contributed by atoms with Crippen LogP contribution >= 0.6 is 0 Å². The molecule has 2 aromatic rings. The van der Waals surface area contributed by atoms with Crippen molar-refractivity contribution in [1.82, 2.24) is 10.3 Å². The number of fused-ring (bicyclic) bond motifs is 3. The van der Waals surface area contributed by atoms with Crippen molar-refractivity contribution in [2.45, 2.75) is 38.1 Å². The lowest BCUT2D eigenvalue weighted by molar-refractivity contribution is 0.0919. The fourth-order valence-corrected chi connectivity index (χ4v) is 4.47. The van der Waals surface area contributed by atoms with E-state index in [4.69, 9.17) is 0 Å². The molecule has 1 aromatic heterocycles. The maximum absolute atomic E-state index is 13.0. The van der Waals surface area contributed by atoms with Crippen LogP contribution in [0.3, 0.4) is 0 Å². The van der Waals surface area contributed by atoms with Gasteiger partial charge in [-0.05, 0) is 43.2 Å². The predicted molar refractivity (Wildman–Crippen MR) is 97.4 cm³/mol. The summed E-state index contributed by atoms with van der Waals surface area (Å²) >= 11 is 0. The Morgan fingerprint density at radius 2 is 1.83 bits per heavy atom. The summed E-state index contributed by atoms with van der Waals surface area (Å²) in [7, 11) is 3.91. The third-order valence-corrected chi connectivity index (χ3v) is 5.63. The number of carbonyl (C=O) groups is 1. The van der Waals surface area contributed by atoms with Crippen molar-refractivity contribution in [3.05, 3.63) is 35.9 Å². The zero-order chi connectivity index (χ0) is 16.7. The van der Waals surface area contributed by atoms with Gasteiger partial charge in [-0.3, -0.25) is 4.79 Å². The number of nitrogens with zero attached hydrogens (tertiary/aromatic N) is 2. The number of hydrogen-bond donors (Lipinski definition) is 1. The average molecular weight is 323 g/mol. The summed E-state index contributed by atoms with van der Waals surface area (Å²) in [6.45, 7) is 0. The molecule has 4 rings (SSSR count). The van der Waals surface area contributed by atoms with Crippen LogP contribution in [0.15, 0.2) is 30.3 Å². The van der Waals surface area contributed by atoms with E-state index in [0.717, 1.165) is 47.0 Å². The summed E-state index contributed by atoms with van der Waals surface area (Å²) in [5, 5.41) is 4.24. The number of rotatable bonds is 3. The molecule has 2 saturated carbocycles. The summed E-state index contributed by atoms with van der Waals surface area (Å²) in [6, 6.07) is 10.1. The first kappa shape index (κ1) is 15.4. The Morgan fingerprint density at radius 3 is 2.54 bits per heavy atom. The topological polar surface area (TPSA) is 45.2 Å². The van der Waals surface area contributed by atoms with Crippen LogP contribution in [0.4, 0.5) is 5.82 Å². The summed E-state index contributed by atoms with van der Waals surface area (Å²) < 4.78 is 0. The highest BCUT2D eigenvalue weighted by Gasteiger charge is 2.34. The Balaban J connectivity index is 1.63. The van der Waals surface area contributed by atoms with Gasteiger partial charge in [0.05, 0.1) is 11.1 Å². The maximum atomic E-state index is 13.0. The smallest absolute Gasteiger partial charge is 0.252 e. The fraction of sp³-hybridized carbons (Fsp3) is 0.500. The van der Waals surface area contributed by atoms with Crippen molar-refractivity contribution in [1.29, 1.82) is 0 Å². The SMILES string of the molecule is CN(C)c1cc(C(=O)NC2CC3CCC(C3)C2)c2ccccc2n1. The molecule has 126 valence electrons. The van der Waals surface area contributed by atoms with Gasteiger partial charge < -0.3 is 10.2 Å². The molecule has 0 saturated heterocycles. The van der Waals surface area contributed by atoms with Crippen molar-refractivity contribution in [2.75, 3.05) is 19.0 Å². The molecule has 1 amide bonds. The molecule has 1 heterocycles. The molecule has 2 aliphatic rings. The molecule has 1 aromatic carbocycles. The molecule has 0 spiro atoms. The number of nitrogens with one attached hydrogen (secondary N) is 1. The summed E-state index contributed by atoms with van der Waals surface area (Å²) in [5.41, 5.74) is 1.61. The van der Waals surface area contributed by atoms with Crippen LogP contribution in [0.1, 0.15) is 42.5 Å². The highest BCUT2D eigenvalue weighted by atomic mass is 16.1. The highest BCUT2D eigenvalue weighted by Crippen LogP contribution is 2.42. The van der Waals surface area contributed by atoms with Crippen molar-refractivity contribution in [3.63, 3.8) is 0 Å². The van der Waals surface area contributed by atoms with Crippen LogP contribution in [0, 0.1) is 11.8 Å². The van der Waals surface area contributed by atoms with E-state index in [2.05, 4.69) is 10.3 Å². The van der Waals surface area contributed by atoms with Gasteiger partial charge >= 0.3 is 0 Å². The molecule has 2 fully saturated rings. The van der Waals surface area contributed by atoms with E-state index < -0.39 is 0 Å². The largest absolute Gasteiger partial charge is 0.363 e. The second kappa shape index (κ2) is 6.08. The molecule has 24 heavy (non-hydrogen) atoms. The number of aromatic nitrogens is 1. The standard InChI is InChI=1S/C20H25N3O/c1-23(2)19-12-17(16-5-3-4-6-18(16)22-19)20(24)21-15-10-13-7-8-14(9-13)11-15/h3-6,12-15H,7-11H2,1-2H3,(H,21,24). The van der Waals surface area contributed by atoms with Crippen LogP contribution in [-0.4, -0.2) is 31.0 Å². The number of carbonyl (C=O) groups excluding carboxylic acids is 1.